The Morgan fingerprint density at radius 2 is 1.79 bits per heavy atom. The van der Waals surface area contributed by atoms with Gasteiger partial charge in [0.1, 0.15) is 5.82 Å². The third kappa shape index (κ3) is 4.47. The van der Waals surface area contributed by atoms with Crippen LogP contribution in [0.2, 0.25) is 0 Å². The highest BCUT2D eigenvalue weighted by molar-refractivity contribution is 5.88. The van der Waals surface area contributed by atoms with Gasteiger partial charge in [0.25, 0.3) is 0 Å². The monoisotopic (exact) mass is 358 g/mol. The molecule has 0 aromatic heterocycles. The number of amides is 1. The van der Waals surface area contributed by atoms with E-state index in [1.807, 2.05) is 13.8 Å². The molecule has 1 amide bonds. The fourth-order valence-corrected chi connectivity index (χ4v) is 3.06. The molecule has 0 atom stereocenters. The van der Waals surface area contributed by atoms with Gasteiger partial charge in [-0.25, -0.2) is 4.39 Å². The number of ether oxygens (including phenoxy) is 1. The van der Waals surface area contributed by atoms with Crippen LogP contribution in [0.5, 0.6) is 0 Å². The van der Waals surface area contributed by atoms with E-state index in [0.717, 1.165) is 18.4 Å². The Kier molecular flexibility index (Phi) is 7.64. The van der Waals surface area contributed by atoms with Crippen molar-refractivity contribution >= 4 is 18.3 Å². The Bertz CT molecular complexity index is 526. The van der Waals surface area contributed by atoms with Crippen LogP contribution in [0, 0.1) is 5.82 Å². The number of carbonyl (C=O) groups is 1. The molecule has 4 nitrogen and oxygen atoms in total. The average molecular weight is 359 g/mol. The molecular weight excluding hydrogens is 331 g/mol. The smallest absolute Gasteiger partial charge is 0.230 e. The van der Waals surface area contributed by atoms with E-state index in [2.05, 4.69) is 5.32 Å². The maximum atomic E-state index is 13.2. The third-order valence-electron chi connectivity index (χ3n) is 5.19. The maximum absolute atomic E-state index is 13.2. The molecule has 6 heteroatoms. The molecule has 0 unspecified atom stereocenters. The molecule has 0 bridgehead atoms. The molecule has 0 radical (unpaired) electrons. The molecule has 1 aliphatic heterocycles. The average Bonchev–Trinajstić information content (AvgIpc) is 2.60. The van der Waals surface area contributed by atoms with E-state index in [1.165, 1.54) is 12.1 Å². The Hall–Kier alpha value is -1.17. The van der Waals surface area contributed by atoms with Crippen LogP contribution in [0.25, 0.3) is 0 Å². The van der Waals surface area contributed by atoms with Crippen molar-refractivity contribution in [2.24, 2.45) is 5.73 Å². The Morgan fingerprint density at radius 1 is 1.25 bits per heavy atom. The zero-order valence-electron chi connectivity index (χ0n) is 14.4. The Labute approximate surface area is 149 Å². The summed E-state index contributed by atoms with van der Waals surface area (Å²) in [6, 6.07) is 6.22. The third-order valence-corrected chi connectivity index (χ3v) is 5.19. The molecule has 1 fully saturated rings. The molecular formula is C18H28ClFN2O2. The minimum atomic E-state index is -0.658. The summed E-state index contributed by atoms with van der Waals surface area (Å²) < 4.78 is 18.7. The Balaban J connectivity index is 0.00000288. The number of halogens is 2. The second-order valence-corrected chi connectivity index (χ2v) is 6.45. The SMILES string of the molecule is CCC(N)(CC)CNC(=O)C1(c2ccc(F)cc2)CCOCC1.Cl. The van der Waals surface area contributed by atoms with Crippen LogP contribution in [0.3, 0.4) is 0 Å². The second kappa shape index (κ2) is 8.79. The molecule has 1 aromatic rings. The van der Waals surface area contributed by atoms with Crippen LogP contribution in [-0.4, -0.2) is 31.2 Å². The van der Waals surface area contributed by atoms with Gasteiger partial charge >= 0.3 is 0 Å². The fourth-order valence-electron chi connectivity index (χ4n) is 3.06. The van der Waals surface area contributed by atoms with E-state index in [0.29, 0.717) is 32.6 Å². The summed E-state index contributed by atoms with van der Waals surface area (Å²) in [6.07, 6.45) is 2.80. The number of hydrogen-bond donors (Lipinski definition) is 2. The van der Waals surface area contributed by atoms with Crippen LogP contribution in [0.1, 0.15) is 45.1 Å². The van der Waals surface area contributed by atoms with Gasteiger partial charge < -0.3 is 15.8 Å². The van der Waals surface area contributed by atoms with Crippen molar-refractivity contribution in [1.82, 2.24) is 5.32 Å². The molecule has 24 heavy (non-hydrogen) atoms. The molecule has 0 saturated carbocycles. The van der Waals surface area contributed by atoms with Crippen molar-refractivity contribution in [3.63, 3.8) is 0 Å². The quantitative estimate of drug-likeness (QED) is 0.821. The normalized spacial score (nSPS) is 17.0. The zero-order valence-corrected chi connectivity index (χ0v) is 15.3. The van der Waals surface area contributed by atoms with Gasteiger partial charge in [-0.3, -0.25) is 4.79 Å². The van der Waals surface area contributed by atoms with E-state index in [-0.39, 0.29) is 29.7 Å². The summed E-state index contributed by atoms with van der Waals surface area (Å²) in [4.78, 5) is 13.0. The van der Waals surface area contributed by atoms with E-state index in [4.69, 9.17) is 10.5 Å². The number of rotatable bonds is 6. The number of carbonyl (C=O) groups excluding carboxylic acids is 1. The zero-order chi connectivity index (χ0) is 16.9. The lowest BCUT2D eigenvalue weighted by Gasteiger charge is -2.37. The highest BCUT2D eigenvalue weighted by Gasteiger charge is 2.42. The lowest BCUT2D eigenvalue weighted by Crippen LogP contribution is -2.54. The fraction of sp³-hybridized carbons (Fsp3) is 0.611. The van der Waals surface area contributed by atoms with Crippen molar-refractivity contribution in [3.05, 3.63) is 35.6 Å². The van der Waals surface area contributed by atoms with Crippen LogP contribution in [0.4, 0.5) is 4.39 Å². The topological polar surface area (TPSA) is 64.3 Å². The molecule has 3 N–H and O–H groups in total. The number of hydrogen-bond acceptors (Lipinski definition) is 3. The van der Waals surface area contributed by atoms with Gasteiger partial charge in [-0.05, 0) is 43.4 Å². The molecule has 1 saturated heterocycles. The van der Waals surface area contributed by atoms with Crippen molar-refractivity contribution in [2.75, 3.05) is 19.8 Å². The minimum absolute atomic E-state index is 0. The lowest BCUT2D eigenvalue weighted by atomic mass is 9.73. The molecule has 136 valence electrons. The number of nitrogens with two attached hydrogens (primary N) is 1. The molecule has 1 heterocycles. The van der Waals surface area contributed by atoms with Gasteiger partial charge in [-0.1, -0.05) is 26.0 Å². The predicted molar refractivity (Wildman–Crippen MR) is 95.9 cm³/mol. The predicted octanol–water partition coefficient (Wildman–Crippen LogP) is 2.93. The van der Waals surface area contributed by atoms with Gasteiger partial charge in [0.2, 0.25) is 5.91 Å². The summed E-state index contributed by atoms with van der Waals surface area (Å²) in [5.41, 5.74) is 6.09. The van der Waals surface area contributed by atoms with Crippen LogP contribution >= 0.6 is 12.4 Å². The molecule has 2 rings (SSSR count). The van der Waals surface area contributed by atoms with Crippen molar-refractivity contribution in [3.8, 4) is 0 Å². The van der Waals surface area contributed by atoms with Crippen molar-refractivity contribution in [1.29, 1.82) is 0 Å². The first-order chi connectivity index (χ1) is 11.0. The van der Waals surface area contributed by atoms with Crippen molar-refractivity contribution < 1.29 is 13.9 Å². The summed E-state index contributed by atoms with van der Waals surface area (Å²) in [5, 5.41) is 3.04. The largest absolute Gasteiger partial charge is 0.381 e. The summed E-state index contributed by atoms with van der Waals surface area (Å²) in [7, 11) is 0. The van der Waals surface area contributed by atoms with Crippen molar-refractivity contribution in [2.45, 2.75) is 50.5 Å². The summed E-state index contributed by atoms with van der Waals surface area (Å²) >= 11 is 0. The van der Waals surface area contributed by atoms with E-state index in [9.17, 15) is 9.18 Å². The first kappa shape index (κ1) is 20.9. The highest BCUT2D eigenvalue weighted by atomic mass is 35.5. The first-order valence-corrected chi connectivity index (χ1v) is 8.37. The summed E-state index contributed by atoms with van der Waals surface area (Å²) in [5.74, 6) is -0.335. The maximum Gasteiger partial charge on any atom is 0.230 e. The lowest BCUT2D eigenvalue weighted by molar-refractivity contribution is -0.130. The number of nitrogens with one attached hydrogen (secondary N) is 1. The van der Waals surface area contributed by atoms with Crippen LogP contribution < -0.4 is 11.1 Å². The first-order valence-electron chi connectivity index (χ1n) is 8.37. The van der Waals surface area contributed by atoms with E-state index >= 15 is 0 Å². The van der Waals surface area contributed by atoms with Gasteiger partial charge in [0.15, 0.2) is 0 Å². The molecule has 0 aliphatic carbocycles. The molecule has 1 aliphatic rings. The Morgan fingerprint density at radius 3 is 2.29 bits per heavy atom. The molecule has 0 spiro atoms. The van der Waals surface area contributed by atoms with E-state index in [1.54, 1.807) is 12.1 Å². The number of benzene rings is 1. The minimum Gasteiger partial charge on any atom is -0.381 e. The van der Waals surface area contributed by atoms with Crippen LogP contribution in [0.15, 0.2) is 24.3 Å². The van der Waals surface area contributed by atoms with Gasteiger partial charge in [-0.15, -0.1) is 12.4 Å². The standard InChI is InChI=1S/C18H27FN2O2.ClH/c1-3-17(20,4-2)13-21-16(22)18(9-11-23-12-10-18)14-5-7-15(19)8-6-14;/h5-8H,3-4,9-13,20H2,1-2H3,(H,21,22);1H. The van der Waals surface area contributed by atoms with Gasteiger partial charge in [0, 0.05) is 25.3 Å². The summed E-state index contributed by atoms with van der Waals surface area (Å²) in [6.45, 7) is 5.56. The van der Waals surface area contributed by atoms with Crippen LogP contribution in [-0.2, 0) is 14.9 Å². The second-order valence-electron chi connectivity index (χ2n) is 6.45. The highest BCUT2D eigenvalue weighted by Crippen LogP contribution is 2.35. The van der Waals surface area contributed by atoms with E-state index < -0.39 is 5.41 Å². The van der Waals surface area contributed by atoms with Gasteiger partial charge in [-0.2, -0.15) is 0 Å². The van der Waals surface area contributed by atoms with Gasteiger partial charge in [0.05, 0.1) is 5.41 Å². The molecule has 1 aromatic carbocycles.